The van der Waals surface area contributed by atoms with Crippen molar-refractivity contribution in [2.45, 2.75) is 59.2 Å². The van der Waals surface area contributed by atoms with Crippen molar-refractivity contribution >= 4 is 18.0 Å². The van der Waals surface area contributed by atoms with E-state index in [0.717, 1.165) is 28.6 Å². The summed E-state index contributed by atoms with van der Waals surface area (Å²) < 4.78 is 53.2. The number of likely N-dealkylation sites (tertiary alicyclic amines) is 1. The van der Waals surface area contributed by atoms with E-state index in [2.05, 4.69) is 32.8 Å². The number of aryl methyl sites for hydroxylation is 1. The van der Waals surface area contributed by atoms with E-state index in [1.54, 1.807) is 7.05 Å². The van der Waals surface area contributed by atoms with Gasteiger partial charge in [-0.25, -0.2) is 4.39 Å². The SMILES string of the molecule is C/C=c1/c(C)nnc(NCc2cccc(C(F)(F)F)c2F)/c1=C/C(=C/CC)NC.CN1CCCCC1. The van der Waals surface area contributed by atoms with Crippen molar-refractivity contribution in [1.82, 2.24) is 20.4 Å². The average Bonchev–Trinajstić information content (AvgIpc) is 2.84. The van der Waals surface area contributed by atoms with E-state index in [1.165, 1.54) is 44.5 Å². The Kier molecular flexibility index (Phi) is 11.4. The largest absolute Gasteiger partial charge is 0.419 e. The van der Waals surface area contributed by atoms with Gasteiger partial charge in [-0.3, -0.25) is 0 Å². The highest BCUT2D eigenvalue weighted by Gasteiger charge is 2.34. The maximum Gasteiger partial charge on any atom is 0.419 e. The molecule has 9 heteroatoms. The number of hydrogen-bond donors (Lipinski definition) is 2. The van der Waals surface area contributed by atoms with Gasteiger partial charge in [0.05, 0.1) is 11.3 Å². The highest BCUT2D eigenvalue weighted by Crippen LogP contribution is 2.32. The van der Waals surface area contributed by atoms with Crippen molar-refractivity contribution in [3.63, 3.8) is 0 Å². The molecule has 5 nitrogen and oxygen atoms in total. The summed E-state index contributed by atoms with van der Waals surface area (Å²) in [6.45, 7) is 8.16. The zero-order chi connectivity index (χ0) is 26.7. The number of alkyl halides is 3. The fourth-order valence-corrected chi connectivity index (χ4v) is 3.97. The molecule has 1 fully saturated rings. The summed E-state index contributed by atoms with van der Waals surface area (Å²) in [6, 6.07) is 3.22. The molecule has 1 aliphatic heterocycles. The molecule has 0 unspecified atom stereocenters. The minimum atomic E-state index is -4.75. The lowest BCUT2D eigenvalue weighted by Gasteiger charge is -2.20. The van der Waals surface area contributed by atoms with Crippen LogP contribution in [-0.2, 0) is 12.7 Å². The molecular formula is C27H37F4N5. The van der Waals surface area contributed by atoms with E-state index in [9.17, 15) is 17.6 Å². The van der Waals surface area contributed by atoms with Crippen molar-refractivity contribution < 1.29 is 17.6 Å². The zero-order valence-electron chi connectivity index (χ0n) is 21.8. The van der Waals surface area contributed by atoms with Gasteiger partial charge in [-0.15, -0.1) is 5.10 Å². The van der Waals surface area contributed by atoms with Gasteiger partial charge >= 0.3 is 6.18 Å². The maximum atomic E-state index is 14.3. The van der Waals surface area contributed by atoms with E-state index in [1.807, 2.05) is 39.0 Å². The second kappa shape index (κ2) is 14.0. The molecule has 1 aromatic heterocycles. The van der Waals surface area contributed by atoms with Crippen LogP contribution in [0.15, 0.2) is 30.0 Å². The first-order valence-corrected chi connectivity index (χ1v) is 12.3. The van der Waals surface area contributed by atoms with Gasteiger partial charge in [0.25, 0.3) is 0 Å². The molecular weight excluding hydrogens is 470 g/mol. The van der Waals surface area contributed by atoms with Crippen LogP contribution in [0.2, 0.25) is 0 Å². The van der Waals surface area contributed by atoms with Crippen LogP contribution in [0.25, 0.3) is 12.2 Å². The number of nitrogens with one attached hydrogen (secondary N) is 2. The maximum absolute atomic E-state index is 14.3. The van der Waals surface area contributed by atoms with Gasteiger partial charge in [-0.2, -0.15) is 18.3 Å². The molecule has 0 bridgehead atoms. The fraction of sp³-hybridized carbons (Fsp3) is 0.481. The predicted octanol–water partition coefficient (Wildman–Crippen LogP) is 4.75. The third kappa shape index (κ3) is 8.33. The molecule has 0 atom stereocenters. The summed E-state index contributed by atoms with van der Waals surface area (Å²) in [5, 5.41) is 15.8. The number of allylic oxidation sites excluding steroid dienone is 2. The monoisotopic (exact) mass is 507 g/mol. The van der Waals surface area contributed by atoms with Gasteiger partial charge in [-0.1, -0.05) is 37.6 Å². The minimum absolute atomic E-state index is 0.104. The molecule has 0 amide bonds. The normalized spacial score (nSPS) is 16.0. The molecule has 2 heterocycles. The lowest BCUT2D eigenvalue weighted by molar-refractivity contribution is -0.140. The number of piperidine rings is 1. The van der Waals surface area contributed by atoms with Crippen LogP contribution in [-0.4, -0.2) is 42.3 Å². The van der Waals surface area contributed by atoms with Crippen molar-refractivity contribution in [2.24, 2.45) is 0 Å². The Morgan fingerprint density at radius 2 is 1.81 bits per heavy atom. The highest BCUT2D eigenvalue weighted by atomic mass is 19.4. The van der Waals surface area contributed by atoms with Gasteiger partial charge in [0, 0.05) is 35.3 Å². The Balaban J connectivity index is 0.000000558. The van der Waals surface area contributed by atoms with Crippen molar-refractivity contribution in [3.05, 3.63) is 63.0 Å². The summed E-state index contributed by atoms with van der Waals surface area (Å²) in [6.07, 6.45) is 6.09. The molecule has 1 aliphatic rings. The lowest BCUT2D eigenvalue weighted by Crippen LogP contribution is -2.34. The number of rotatable bonds is 6. The Bertz CT molecular complexity index is 1140. The van der Waals surface area contributed by atoms with Crippen LogP contribution in [0.3, 0.4) is 0 Å². The number of aromatic nitrogens is 2. The lowest BCUT2D eigenvalue weighted by atomic mass is 10.1. The first-order chi connectivity index (χ1) is 17.1. The van der Waals surface area contributed by atoms with Gasteiger partial charge in [0.1, 0.15) is 5.82 Å². The molecule has 1 aromatic carbocycles. The van der Waals surface area contributed by atoms with Crippen LogP contribution >= 0.6 is 0 Å². The third-order valence-corrected chi connectivity index (χ3v) is 5.95. The molecule has 0 saturated carbocycles. The molecule has 0 aliphatic carbocycles. The molecule has 1 saturated heterocycles. The Morgan fingerprint density at radius 3 is 2.33 bits per heavy atom. The van der Waals surface area contributed by atoms with Crippen molar-refractivity contribution in [3.8, 4) is 0 Å². The molecule has 0 radical (unpaired) electrons. The van der Waals surface area contributed by atoms with E-state index in [4.69, 9.17) is 0 Å². The van der Waals surface area contributed by atoms with E-state index in [0.29, 0.717) is 11.5 Å². The Hall–Kier alpha value is -2.94. The van der Waals surface area contributed by atoms with Crippen molar-refractivity contribution in [1.29, 1.82) is 0 Å². The van der Waals surface area contributed by atoms with Crippen LogP contribution in [0, 0.1) is 12.7 Å². The van der Waals surface area contributed by atoms with E-state index >= 15 is 0 Å². The van der Waals surface area contributed by atoms with E-state index < -0.39 is 17.6 Å². The first-order valence-electron chi connectivity index (χ1n) is 12.3. The Morgan fingerprint density at radius 1 is 1.11 bits per heavy atom. The number of nitrogens with zero attached hydrogens (tertiary/aromatic N) is 3. The number of halogens is 4. The summed E-state index contributed by atoms with van der Waals surface area (Å²) in [5.74, 6) is -0.931. The van der Waals surface area contributed by atoms with Gasteiger partial charge in [0.2, 0.25) is 0 Å². The second-order valence-electron chi connectivity index (χ2n) is 8.71. The summed E-state index contributed by atoms with van der Waals surface area (Å²) in [7, 11) is 3.99. The highest BCUT2D eigenvalue weighted by molar-refractivity contribution is 5.54. The predicted molar refractivity (Wildman–Crippen MR) is 138 cm³/mol. The summed E-state index contributed by atoms with van der Waals surface area (Å²) >= 11 is 0. The smallest absolute Gasteiger partial charge is 0.388 e. The van der Waals surface area contributed by atoms with E-state index in [-0.39, 0.29) is 12.1 Å². The number of anilines is 1. The minimum Gasteiger partial charge on any atom is -0.388 e. The van der Waals surface area contributed by atoms with Crippen LogP contribution in [0.1, 0.15) is 56.4 Å². The molecule has 2 aromatic rings. The number of benzene rings is 1. The Labute approximate surface area is 211 Å². The molecule has 2 N–H and O–H groups in total. The second-order valence-corrected chi connectivity index (χ2v) is 8.71. The molecule has 0 spiro atoms. The average molecular weight is 508 g/mol. The summed E-state index contributed by atoms with van der Waals surface area (Å²) in [4.78, 5) is 2.39. The summed E-state index contributed by atoms with van der Waals surface area (Å²) in [5.41, 5.74) is 0.176. The van der Waals surface area contributed by atoms with Gasteiger partial charge < -0.3 is 15.5 Å². The van der Waals surface area contributed by atoms with Crippen molar-refractivity contribution in [2.75, 3.05) is 32.5 Å². The molecule has 3 rings (SSSR count). The number of hydrogen-bond acceptors (Lipinski definition) is 5. The van der Waals surface area contributed by atoms with Gasteiger partial charge in [0.15, 0.2) is 5.82 Å². The fourth-order valence-electron chi connectivity index (χ4n) is 3.97. The molecule has 198 valence electrons. The quantitative estimate of drug-likeness (QED) is 0.553. The van der Waals surface area contributed by atoms with Gasteiger partial charge in [-0.05, 0) is 65.4 Å². The standard InChI is InChI=1S/C21H24F4N4.C6H13N/c1-5-8-15(26-4)11-17-16(6-2)13(3)28-29-20(17)27-12-14-9-7-10-18(19(14)22)21(23,24)25;1-7-5-3-2-4-6-7/h6-11,26H,5,12H2,1-4H3,(H,27,29);2-6H2,1H3/b15-8-,16-6-,17-11+;. The van der Waals surface area contributed by atoms with Crippen LogP contribution in [0.5, 0.6) is 0 Å². The van der Waals surface area contributed by atoms with Crippen LogP contribution < -0.4 is 21.1 Å². The third-order valence-electron chi connectivity index (χ3n) is 5.95. The zero-order valence-corrected chi connectivity index (χ0v) is 21.8. The molecule has 36 heavy (non-hydrogen) atoms. The van der Waals surface area contributed by atoms with Crippen LogP contribution in [0.4, 0.5) is 23.4 Å². The topological polar surface area (TPSA) is 53.1 Å². The first kappa shape index (κ1) is 29.3.